The average molecular weight is 355 g/mol. The standard InChI is InChI=1S/C9H8ClF9O2/c1-4(20)21-3-5(10)2-6(11,12)7(13,14)8(15,16)9(17,18)19/h5H,2-3H2,1H3. The number of alkyl halides is 10. The zero-order valence-corrected chi connectivity index (χ0v) is 10.8. The predicted octanol–water partition coefficient (Wildman–Crippen LogP) is 4.02. The molecule has 0 saturated carbocycles. The smallest absolute Gasteiger partial charge is 0.460 e. The summed E-state index contributed by atoms with van der Waals surface area (Å²) < 4.78 is 116. The van der Waals surface area contributed by atoms with E-state index < -0.39 is 48.3 Å². The van der Waals surface area contributed by atoms with Crippen molar-refractivity contribution in [1.29, 1.82) is 0 Å². The third kappa shape index (κ3) is 4.30. The van der Waals surface area contributed by atoms with Crippen LogP contribution in [-0.4, -0.2) is 41.9 Å². The summed E-state index contributed by atoms with van der Waals surface area (Å²) in [6.45, 7) is -0.242. The highest BCUT2D eigenvalue weighted by molar-refractivity contribution is 6.20. The Bertz CT molecular complexity index is 380. The highest BCUT2D eigenvalue weighted by Gasteiger charge is 2.81. The molecule has 0 fully saturated rings. The molecule has 12 heteroatoms. The van der Waals surface area contributed by atoms with Gasteiger partial charge in [0.05, 0.1) is 5.38 Å². The first-order valence-corrected chi connectivity index (χ1v) is 5.47. The molecule has 126 valence electrons. The van der Waals surface area contributed by atoms with Gasteiger partial charge in [0.15, 0.2) is 0 Å². The molecule has 0 radical (unpaired) electrons. The monoisotopic (exact) mass is 354 g/mol. The van der Waals surface area contributed by atoms with E-state index in [1.54, 1.807) is 0 Å². The van der Waals surface area contributed by atoms with Crippen LogP contribution in [0, 0.1) is 0 Å². The van der Waals surface area contributed by atoms with Crippen molar-refractivity contribution in [3.05, 3.63) is 0 Å². The normalized spacial score (nSPS) is 15.8. The van der Waals surface area contributed by atoms with Crippen molar-refractivity contribution in [2.45, 2.75) is 42.7 Å². The Morgan fingerprint density at radius 3 is 1.76 bits per heavy atom. The highest BCUT2D eigenvalue weighted by atomic mass is 35.5. The molecule has 0 bridgehead atoms. The maximum Gasteiger partial charge on any atom is 0.460 e. The molecule has 0 aliphatic rings. The van der Waals surface area contributed by atoms with E-state index in [0.717, 1.165) is 6.92 Å². The van der Waals surface area contributed by atoms with E-state index in [1.807, 2.05) is 0 Å². The van der Waals surface area contributed by atoms with Crippen molar-refractivity contribution in [1.82, 2.24) is 0 Å². The largest absolute Gasteiger partial charge is 0.464 e. The maximum atomic E-state index is 13.0. The molecular formula is C9H8ClF9O2. The van der Waals surface area contributed by atoms with Crippen molar-refractivity contribution in [2.24, 2.45) is 0 Å². The van der Waals surface area contributed by atoms with Crippen LogP contribution in [-0.2, 0) is 9.53 Å². The quantitative estimate of drug-likeness (QED) is 0.409. The van der Waals surface area contributed by atoms with Gasteiger partial charge in [-0.1, -0.05) is 0 Å². The van der Waals surface area contributed by atoms with Gasteiger partial charge in [0.2, 0.25) is 0 Å². The van der Waals surface area contributed by atoms with Crippen molar-refractivity contribution in [2.75, 3.05) is 6.61 Å². The Kier molecular flexibility index (Phi) is 5.84. The molecule has 1 atom stereocenters. The lowest BCUT2D eigenvalue weighted by atomic mass is 9.99. The predicted molar refractivity (Wildman–Crippen MR) is 51.8 cm³/mol. The van der Waals surface area contributed by atoms with E-state index in [0.29, 0.717) is 0 Å². The van der Waals surface area contributed by atoms with Gasteiger partial charge in [-0.05, 0) is 0 Å². The van der Waals surface area contributed by atoms with Gasteiger partial charge < -0.3 is 4.74 Å². The molecule has 0 aromatic carbocycles. The van der Waals surface area contributed by atoms with Gasteiger partial charge >= 0.3 is 29.9 Å². The zero-order valence-electron chi connectivity index (χ0n) is 10.1. The van der Waals surface area contributed by atoms with E-state index in [-0.39, 0.29) is 0 Å². The number of esters is 1. The molecular weight excluding hydrogens is 347 g/mol. The van der Waals surface area contributed by atoms with Crippen LogP contribution in [0.5, 0.6) is 0 Å². The van der Waals surface area contributed by atoms with Gasteiger partial charge in [0.1, 0.15) is 6.61 Å². The minimum Gasteiger partial charge on any atom is -0.464 e. The van der Waals surface area contributed by atoms with Crippen LogP contribution in [0.2, 0.25) is 0 Å². The Morgan fingerprint density at radius 1 is 1.00 bits per heavy atom. The molecule has 0 aromatic rings. The average Bonchev–Trinajstić information content (AvgIpc) is 2.23. The van der Waals surface area contributed by atoms with E-state index in [4.69, 9.17) is 11.6 Å². The van der Waals surface area contributed by atoms with E-state index >= 15 is 0 Å². The number of ether oxygens (including phenoxy) is 1. The summed E-state index contributed by atoms with van der Waals surface area (Å²) >= 11 is 5.06. The molecule has 0 spiro atoms. The molecule has 0 aliphatic heterocycles. The molecule has 0 rings (SSSR count). The molecule has 0 saturated heterocycles. The summed E-state index contributed by atoms with van der Waals surface area (Å²) in [5, 5.41) is -2.08. The second-order valence-electron chi connectivity index (χ2n) is 3.95. The molecule has 21 heavy (non-hydrogen) atoms. The fraction of sp³-hybridized carbons (Fsp3) is 0.889. The summed E-state index contributed by atoms with van der Waals surface area (Å²) in [4.78, 5) is 10.3. The van der Waals surface area contributed by atoms with E-state index in [1.165, 1.54) is 0 Å². The Balaban J connectivity index is 5.16. The van der Waals surface area contributed by atoms with Crippen LogP contribution >= 0.6 is 11.6 Å². The van der Waals surface area contributed by atoms with E-state index in [9.17, 15) is 44.3 Å². The summed E-state index contributed by atoms with van der Waals surface area (Å²) in [7, 11) is 0. The zero-order chi connectivity index (χ0) is 17.3. The first kappa shape index (κ1) is 20.1. The number of hydrogen-bond donors (Lipinski definition) is 0. The van der Waals surface area contributed by atoms with Crippen LogP contribution in [0.15, 0.2) is 0 Å². The summed E-state index contributed by atoms with van der Waals surface area (Å²) in [6, 6.07) is 0. The fourth-order valence-electron chi connectivity index (χ4n) is 1.08. The Morgan fingerprint density at radius 2 is 1.43 bits per heavy atom. The third-order valence-corrected chi connectivity index (χ3v) is 2.44. The van der Waals surface area contributed by atoms with Crippen LogP contribution in [0.4, 0.5) is 39.5 Å². The molecule has 0 aliphatic carbocycles. The Hall–Kier alpha value is -0.870. The molecule has 0 N–H and O–H groups in total. The number of rotatable bonds is 6. The van der Waals surface area contributed by atoms with Crippen molar-refractivity contribution in [3.8, 4) is 0 Å². The van der Waals surface area contributed by atoms with Crippen LogP contribution in [0.1, 0.15) is 13.3 Å². The lowest BCUT2D eigenvalue weighted by Crippen LogP contribution is -2.61. The minimum absolute atomic E-state index is 0.814. The number of hydrogen-bond acceptors (Lipinski definition) is 2. The van der Waals surface area contributed by atoms with Gasteiger partial charge in [0, 0.05) is 13.3 Å². The van der Waals surface area contributed by atoms with Gasteiger partial charge in [-0.25, -0.2) is 0 Å². The maximum absolute atomic E-state index is 13.0. The van der Waals surface area contributed by atoms with Crippen LogP contribution in [0.3, 0.4) is 0 Å². The lowest BCUT2D eigenvalue weighted by Gasteiger charge is -2.34. The van der Waals surface area contributed by atoms with E-state index in [2.05, 4.69) is 4.74 Å². The van der Waals surface area contributed by atoms with Crippen molar-refractivity contribution < 1.29 is 49.0 Å². The van der Waals surface area contributed by atoms with Gasteiger partial charge in [0.25, 0.3) is 0 Å². The summed E-state index contributed by atoms with van der Waals surface area (Å²) in [5.74, 6) is -20.5. The first-order chi connectivity index (χ1) is 9.06. The number of carbonyl (C=O) groups is 1. The van der Waals surface area contributed by atoms with Crippen LogP contribution < -0.4 is 0 Å². The second-order valence-corrected chi connectivity index (χ2v) is 4.57. The first-order valence-electron chi connectivity index (χ1n) is 5.04. The molecule has 0 amide bonds. The summed E-state index contributed by atoms with van der Waals surface area (Å²) in [6.07, 6.45) is -9.13. The van der Waals surface area contributed by atoms with Crippen molar-refractivity contribution in [3.63, 3.8) is 0 Å². The third-order valence-electron chi connectivity index (χ3n) is 2.16. The molecule has 1 unspecified atom stereocenters. The SMILES string of the molecule is CC(=O)OCC(Cl)CC(F)(F)C(F)(F)C(F)(F)C(F)(F)F. The number of halogens is 10. The Labute approximate surface area is 117 Å². The molecule has 0 aromatic heterocycles. The fourth-order valence-corrected chi connectivity index (χ4v) is 1.34. The summed E-state index contributed by atoms with van der Waals surface area (Å²) in [5.41, 5.74) is 0. The van der Waals surface area contributed by atoms with Crippen LogP contribution in [0.25, 0.3) is 0 Å². The van der Waals surface area contributed by atoms with Crippen molar-refractivity contribution >= 4 is 17.6 Å². The van der Waals surface area contributed by atoms with Gasteiger partial charge in [-0.3, -0.25) is 4.79 Å². The molecule has 0 heterocycles. The topological polar surface area (TPSA) is 26.3 Å². The second kappa shape index (κ2) is 6.09. The van der Waals surface area contributed by atoms with Gasteiger partial charge in [-0.15, -0.1) is 11.6 Å². The number of carbonyl (C=O) groups excluding carboxylic acids is 1. The minimum atomic E-state index is -6.96. The molecule has 2 nitrogen and oxygen atoms in total. The highest BCUT2D eigenvalue weighted by Crippen LogP contribution is 2.54. The lowest BCUT2D eigenvalue weighted by molar-refractivity contribution is -0.396. The van der Waals surface area contributed by atoms with Gasteiger partial charge in [-0.2, -0.15) is 39.5 Å².